The molecule has 0 unspecified atom stereocenters. The Bertz CT molecular complexity index is 1340. The van der Waals surface area contributed by atoms with Gasteiger partial charge in [-0.15, -0.1) is 0 Å². The monoisotopic (exact) mass is 515 g/mol. The van der Waals surface area contributed by atoms with Crippen LogP contribution in [0.3, 0.4) is 0 Å². The molecule has 3 amide bonds. The lowest BCUT2D eigenvalue weighted by Crippen LogP contribution is -2.32. The predicted molar refractivity (Wildman–Crippen MR) is 133 cm³/mol. The second-order valence-corrected chi connectivity index (χ2v) is 8.28. The molecule has 0 bridgehead atoms. The Labute approximate surface area is 209 Å². The number of imide groups is 1. The number of hydrogen-bond donors (Lipinski definition) is 2. The van der Waals surface area contributed by atoms with Gasteiger partial charge in [-0.1, -0.05) is 46.9 Å². The maximum atomic E-state index is 12.9. The first-order valence-corrected chi connectivity index (χ1v) is 11.0. The number of carbonyl (C=O) groups excluding carboxylic acids is 3. The van der Waals surface area contributed by atoms with E-state index in [4.69, 9.17) is 39.5 Å². The van der Waals surface area contributed by atoms with Gasteiger partial charge in [0, 0.05) is 11.3 Å². The number of nitrogens with zero attached hydrogens (tertiary/aromatic N) is 1. The van der Waals surface area contributed by atoms with Gasteiger partial charge in [0.05, 0.1) is 28.5 Å². The van der Waals surface area contributed by atoms with Crippen molar-refractivity contribution in [2.24, 2.45) is 0 Å². The fourth-order valence-corrected chi connectivity index (χ4v) is 3.77. The van der Waals surface area contributed by atoms with Crippen molar-refractivity contribution in [3.63, 3.8) is 0 Å². The third-order valence-corrected chi connectivity index (χ3v) is 6.05. The van der Waals surface area contributed by atoms with Crippen LogP contribution in [-0.2, 0) is 9.59 Å². The topological polar surface area (TPSA) is 87.7 Å². The summed E-state index contributed by atoms with van der Waals surface area (Å²) in [7, 11) is 1.52. The lowest BCUT2D eigenvalue weighted by Gasteiger charge is -2.16. The quantitative estimate of drug-likeness (QED) is 0.411. The molecule has 1 aliphatic rings. The van der Waals surface area contributed by atoms with Gasteiger partial charge in [0.25, 0.3) is 17.7 Å². The maximum absolute atomic E-state index is 12.9. The Morgan fingerprint density at radius 3 is 2.26 bits per heavy atom. The van der Waals surface area contributed by atoms with Crippen LogP contribution in [0, 0.1) is 0 Å². The fourth-order valence-electron chi connectivity index (χ4n) is 3.26. The first kappa shape index (κ1) is 23.6. The van der Waals surface area contributed by atoms with E-state index in [1.807, 2.05) is 0 Å². The van der Waals surface area contributed by atoms with Crippen molar-refractivity contribution in [3.05, 3.63) is 93.1 Å². The molecular formula is C24H16Cl3N3O4. The first-order chi connectivity index (χ1) is 16.3. The van der Waals surface area contributed by atoms with E-state index < -0.39 is 11.8 Å². The van der Waals surface area contributed by atoms with Crippen LogP contribution < -0.4 is 20.3 Å². The molecule has 3 aromatic rings. The molecule has 0 spiro atoms. The van der Waals surface area contributed by atoms with Crippen molar-refractivity contribution in [1.29, 1.82) is 0 Å². The van der Waals surface area contributed by atoms with E-state index in [1.54, 1.807) is 48.5 Å². The molecule has 0 fully saturated rings. The van der Waals surface area contributed by atoms with Crippen molar-refractivity contribution >= 4 is 69.6 Å². The van der Waals surface area contributed by atoms with E-state index in [9.17, 15) is 14.4 Å². The van der Waals surface area contributed by atoms with Gasteiger partial charge in [0.1, 0.15) is 16.5 Å². The number of para-hydroxylation sites is 2. The number of benzene rings is 3. The molecule has 0 aliphatic carbocycles. The Hall–Kier alpha value is -3.52. The van der Waals surface area contributed by atoms with Crippen molar-refractivity contribution in [1.82, 2.24) is 0 Å². The molecule has 7 nitrogen and oxygen atoms in total. The number of methoxy groups -OCH3 is 1. The molecule has 0 aromatic heterocycles. The summed E-state index contributed by atoms with van der Waals surface area (Å²) in [4.78, 5) is 39.0. The van der Waals surface area contributed by atoms with Gasteiger partial charge in [-0.25, -0.2) is 4.90 Å². The summed E-state index contributed by atoms with van der Waals surface area (Å²) in [5.74, 6) is -1.15. The van der Waals surface area contributed by atoms with Gasteiger partial charge in [0.2, 0.25) is 0 Å². The van der Waals surface area contributed by atoms with E-state index in [0.29, 0.717) is 22.7 Å². The average Bonchev–Trinajstić information content (AvgIpc) is 3.04. The highest BCUT2D eigenvalue weighted by molar-refractivity contribution is 6.53. The van der Waals surface area contributed by atoms with Gasteiger partial charge in [-0.3, -0.25) is 14.4 Å². The number of carbonyl (C=O) groups is 3. The van der Waals surface area contributed by atoms with Crippen LogP contribution in [-0.4, -0.2) is 24.8 Å². The summed E-state index contributed by atoms with van der Waals surface area (Å²) in [6.07, 6.45) is 0. The number of rotatable bonds is 6. The normalized spacial score (nSPS) is 13.4. The van der Waals surface area contributed by atoms with E-state index in [0.717, 1.165) is 4.90 Å². The molecule has 1 heterocycles. The van der Waals surface area contributed by atoms with E-state index in [-0.39, 0.29) is 32.4 Å². The SMILES string of the molecule is COc1ccccc1NC(=O)c1ccc(NC2=C(Cl)C(=O)N(c3ccc(Cl)c(Cl)c3)C2=O)cc1. The second-order valence-electron chi connectivity index (χ2n) is 7.09. The Morgan fingerprint density at radius 2 is 1.59 bits per heavy atom. The van der Waals surface area contributed by atoms with Crippen LogP contribution in [0.2, 0.25) is 10.0 Å². The molecule has 172 valence electrons. The molecule has 1 aliphatic heterocycles. The van der Waals surface area contributed by atoms with Gasteiger partial charge < -0.3 is 15.4 Å². The van der Waals surface area contributed by atoms with Crippen LogP contribution >= 0.6 is 34.8 Å². The summed E-state index contributed by atoms with van der Waals surface area (Å²) in [5, 5.41) is 5.85. The molecular weight excluding hydrogens is 501 g/mol. The molecule has 0 saturated heterocycles. The molecule has 0 atom stereocenters. The highest BCUT2D eigenvalue weighted by atomic mass is 35.5. The Balaban J connectivity index is 1.49. The Kier molecular flexibility index (Phi) is 6.79. The fraction of sp³-hybridized carbons (Fsp3) is 0.0417. The Morgan fingerprint density at radius 1 is 0.882 bits per heavy atom. The van der Waals surface area contributed by atoms with E-state index in [2.05, 4.69) is 10.6 Å². The van der Waals surface area contributed by atoms with Gasteiger partial charge in [-0.2, -0.15) is 0 Å². The summed E-state index contributed by atoms with van der Waals surface area (Å²) < 4.78 is 5.24. The number of anilines is 3. The van der Waals surface area contributed by atoms with Crippen LogP contribution in [0.5, 0.6) is 5.75 Å². The molecule has 2 N–H and O–H groups in total. The zero-order chi connectivity index (χ0) is 24.4. The highest BCUT2D eigenvalue weighted by Gasteiger charge is 2.39. The minimum Gasteiger partial charge on any atom is -0.495 e. The van der Waals surface area contributed by atoms with Crippen molar-refractivity contribution in [2.45, 2.75) is 0 Å². The summed E-state index contributed by atoms with van der Waals surface area (Å²) in [6.45, 7) is 0. The third kappa shape index (κ3) is 4.59. The van der Waals surface area contributed by atoms with E-state index in [1.165, 1.54) is 25.3 Å². The second kappa shape index (κ2) is 9.77. The van der Waals surface area contributed by atoms with Crippen LogP contribution in [0.25, 0.3) is 0 Å². The molecule has 34 heavy (non-hydrogen) atoms. The minimum absolute atomic E-state index is 0.0936. The summed E-state index contributed by atoms with van der Waals surface area (Å²) >= 11 is 18.1. The number of hydrogen-bond acceptors (Lipinski definition) is 5. The van der Waals surface area contributed by atoms with Gasteiger partial charge in [0.15, 0.2) is 0 Å². The predicted octanol–water partition coefficient (Wildman–Crippen LogP) is 5.69. The van der Waals surface area contributed by atoms with E-state index >= 15 is 0 Å². The molecule has 0 saturated carbocycles. The lowest BCUT2D eigenvalue weighted by atomic mass is 10.1. The zero-order valence-electron chi connectivity index (χ0n) is 17.6. The maximum Gasteiger partial charge on any atom is 0.283 e. The number of halogens is 3. The average molecular weight is 517 g/mol. The number of amides is 3. The van der Waals surface area contributed by atoms with Crippen molar-refractivity contribution in [2.75, 3.05) is 22.6 Å². The number of ether oxygens (including phenoxy) is 1. The molecule has 10 heteroatoms. The van der Waals surface area contributed by atoms with Crippen molar-refractivity contribution in [3.8, 4) is 5.75 Å². The largest absolute Gasteiger partial charge is 0.495 e. The lowest BCUT2D eigenvalue weighted by molar-refractivity contribution is -0.120. The third-order valence-electron chi connectivity index (χ3n) is 4.96. The summed E-state index contributed by atoms with van der Waals surface area (Å²) in [6, 6.07) is 17.7. The standard InChI is InChI=1S/C24H16Cl3N3O4/c1-34-19-5-3-2-4-18(19)29-22(31)13-6-8-14(9-7-13)28-21-20(27)23(32)30(24(21)33)15-10-11-16(25)17(26)12-15/h2-12,28H,1H3,(H,29,31). The van der Waals surface area contributed by atoms with Crippen molar-refractivity contribution < 1.29 is 19.1 Å². The molecule has 4 rings (SSSR count). The smallest absolute Gasteiger partial charge is 0.283 e. The van der Waals surface area contributed by atoms with Gasteiger partial charge >= 0.3 is 0 Å². The highest BCUT2D eigenvalue weighted by Crippen LogP contribution is 2.33. The number of nitrogens with one attached hydrogen (secondary N) is 2. The zero-order valence-corrected chi connectivity index (χ0v) is 19.8. The summed E-state index contributed by atoms with van der Waals surface area (Å²) in [5.41, 5.74) is 1.51. The van der Waals surface area contributed by atoms with Crippen LogP contribution in [0.4, 0.5) is 17.1 Å². The van der Waals surface area contributed by atoms with Crippen LogP contribution in [0.15, 0.2) is 77.5 Å². The first-order valence-electron chi connectivity index (χ1n) is 9.85. The van der Waals surface area contributed by atoms with Gasteiger partial charge in [-0.05, 0) is 54.6 Å². The van der Waals surface area contributed by atoms with Crippen LogP contribution in [0.1, 0.15) is 10.4 Å². The molecule has 0 radical (unpaired) electrons. The minimum atomic E-state index is -0.694. The molecule has 3 aromatic carbocycles.